The highest BCUT2D eigenvalue weighted by Crippen LogP contribution is 2.47. The molecule has 1 saturated carbocycles. The van der Waals surface area contributed by atoms with Crippen LogP contribution in [0.15, 0.2) is 48.0 Å². The first kappa shape index (κ1) is 31.8. The fraction of sp³-hybridized carbons (Fsp3) is 0.545. The van der Waals surface area contributed by atoms with Crippen LogP contribution in [0.3, 0.4) is 0 Å². The van der Waals surface area contributed by atoms with Gasteiger partial charge in [0.05, 0.1) is 29.2 Å². The van der Waals surface area contributed by atoms with E-state index in [4.69, 9.17) is 26.2 Å². The lowest BCUT2D eigenvalue weighted by molar-refractivity contribution is -0.000326. The van der Waals surface area contributed by atoms with Crippen molar-refractivity contribution in [3.8, 4) is 5.75 Å². The molecule has 0 amide bonds. The van der Waals surface area contributed by atoms with Gasteiger partial charge >= 0.3 is 5.97 Å². The van der Waals surface area contributed by atoms with Crippen molar-refractivity contribution in [1.82, 2.24) is 0 Å². The zero-order valence-electron chi connectivity index (χ0n) is 25.2. The Kier molecular flexibility index (Phi) is 9.76. The standard InChI is InChI=1S/C33H43ClN2O6S/c1-20(21(2)43(35,39)40)26-14-27(15-26)32(41-3)29-11-8-25(29)19-36-18-24-7-10-28(34)16-22(24)6-4-5-13-42-31-12-9-23(33(37)38)17-30(31)36/h7,9-10,12,14,16-17,20-21,25-26,29,32H,4-6,8,11,13,15,18-19H2,1-3H3,(H,37,38)(H2,35,39,40)/t20-,21-,25+,26-,29-,32+/m1/s1. The molecule has 1 fully saturated rings. The van der Waals surface area contributed by atoms with Crippen LogP contribution in [-0.2, 0) is 27.7 Å². The van der Waals surface area contributed by atoms with E-state index >= 15 is 0 Å². The molecule has 5 rings (SSSR count). The number of allylic oxidation sites excluding steroid dienone is 1. The molecule has 6 atom stereocenters. The topological polar surface area (TPSA) is 119 Å². The van der Waals surface area contributed by atoms with Gasteiger partial charge in [-0.2, -0.15) is 0 Å². The number of halogens is 1. The number of rotatable bonds is 9. The Morgan fingerprint density at radius 1 is 1.16 bits per heavy atom. The summed E-state index contributed by atoms with van der Waals surface area (Å²) < 4.78 is 36.1. The highest BCUT2D eigenvalue weighted by molar-refractivity contribution is 7.89. The summed E-state index contributed by atoms with van der Waals surface area (Å²) in [6.07, 6.45) is 7.79. The minimum Gasteiger partial charge on any atom is -0.491 e. The van der Waals surface area contributed by atoms with Crippen LogP contribution < -0.4 is 14.8 Å². The number of carboxylic acid groups (broad SMARTS) is 1. The molecule has 8 nitrogen and oxygen atoms in total. The lowest BCUT2D eigenvalue weighted by atomic mass is 9.64. The molecule has 3 N–H and O–H groups in total. The van der Waals surface area contributed by atoms with Gasteiger partial charge in [-0.05, 0) is 116 Å². The van der Waals surface area contributed by atoms with Gasteiger partial charge in [0.1, 0.15) is 5.75 Å². The molecule has 234 valence electrons. The maximum absolute atomic E-state index is 12.0. The summed E-state index contributed by atoms with van der Waals surface area (Å²) in [7, 11) is -1.84. The van der Waals surface area contributed by atoms with Crippen molar-refractivity contribution < 1.29 is 27.8 Å². The normalized spacial score (nSPS) is 24.4. The Morgan fingerprint density at radius 3 is 2.58 bits per heavy atom. The Hall–Kier alpha value is -2.59. The molecule has 2 aromatic rings. The lowest BCUT2D eigenvalue weighted by Gasteiger charge is -2.47. The van der Waals surface area contributed by atoms with Crippen molar-refractivity contribution in [3.63, 3.8) is 0 Å². The number of aromatic carboxylic acids is 1. The third-order valence-electron chi connectivity index (χ3n) is 9.95. The number of methoxy groups -OCH3 is 1. The summed E-state index contributed by atoms with van der Waals surface area (Å²) in [6.45, 7) is 5.52. The van der Waals surface area contributed by atoms with Gasteiger partial charge in [0, 0.05) is 25.2 Å². The van der Waals surface area contributed by atoms with Crippen molar-refractivity contribution in [2.75, 3.05) is 25.2 Å². The quantitative estimate of drug-likeness (QED) is 0.323. The van der Waals surface area contributed by atoms with E-state index in [1.165, 1.54) is 16.7 Å². The van der Waals surface area contributed by atoms with Gasteiger partial charge in [0.15, 0.2) is 0 Å². The van der Waals surface area contributed by atoms with Crippen molar-refractivity contribution in [2.24, 2.45) is 28.8 Å². The maximum Gasteiger partial charge on any atom is 0.335 e. The van der Waals surface area contributed by atoms with Gasteiger partial charge in [-0.1, -0.05) is 30.7 Å². The lowest BCUT2D eigenvalue weighted by Crippen LogP contribution is -2.46. The number of carbonyl (C=O) groups is 1. The molecule has 2 aromatic carbocycles. The first-order valence-electron chi connectivity index (χ1n) is 15.2. The van der Waals surface area contributed by atoms with Crippen molar-refractivity contribution in [2.45, 2.75) is 70.3 Å². The van der Waals surface area contributed by atoms with E-state index in [9.17, 15) is 18.3 Å². The SMILES string of the molecule is CO[C@@H](C1=C[C@@H]([C@H](C)[C@@H](C)S(N)(=O)=O)C1)[C@@H]1CC[C@H]1CN1Cc2ccc(Cl)cc2CCCCOc2ccc(C(=O)O)cc21. The molecule has 0 aromatic heterocycles. The number of ether oxygens (including phenoxy) is 2. The Morgan fingerprint density at radius 2 is 1.93 bits per heavy atom. The Balaban J connectivity index is 1.41. The zero-order chi connectivity index (χ0) is 30.9. The summed E-state index contributed by atoms with van der Waals surface area (Å²) >= 11 is 6.39. The molecule has 0 saturated heterocycles. The third-order valence-corrected chi connectivity index (χ3v) is 11.6. The monoisotopic (exact) mass is 630 g/mol. The molecule has 1 aliphatic heterocycles. The van der Waals surface area contributed by atoms with Gasteiger partial charge in [-0.15, -0.1) is 0 Å². The number of primary sulfonamides is 1. The summed E-state index contributed by atoms with van der Waals surface area (Å²) in [4.78, 5) is 14.3. The number of nitrogens with zero attached hydrogens (tertiary/aromatic N) is 1. The maximum atomic E-state index is 12.0. The Bertz CT molecular complexity index is 1480. The van der Waals surface area contributed by atoms with Crippen LogP contribution in [-0.4, -0.2) is 51.1 Å². The molecule has 43 heavy (non-hydrogen) atoms. The number of sulfonamides is 1. The van der Waals surface area contributed by atoms with Crippen LogP contribution in [0.4, 0.5) is 5.69 Å². The second kappa shape index (κ2) is 13.2. The Labute approximate surface area is 260 Å². The summed E-state index contributed by atoms with van der Waals surface area (Å²) in [5, 5.41) is 15.3. The van der Waals surface area contributed by atoms with Crippen LogP contribution in [0, 0.1) is 23.7 Å². The van der Waals surface area contributed by atoms with E-state index in [0.717, 1.165) is 50.8 Å². The zero-order valence-corrected chi connectivity index (χ0v) is 26.7. The fourth-order valence-corrected chi connectivity index (χ4v) is 7.86. The van der Waals surface area contributed by atoms with Crippen LogP contribution in [0.1, 0.15) is 67.4 Å². The summed E-state index contributed by atoms with van der Waals surface area (Å²) in [5.74, 6) is 0.449. The van der Waals surface area contributed by atoms with Crippen molar-refractivity contribution >= 4 is 33.3 Å². The highest BCUT2D eigenvalue weighted by Gasteiger charge is 2.43. The van der Waals surface area contributed by atoms with Crippen LogP contribution in [0.2, 0.25) is 5.02 Å². The predicted molar refractivity (Wildman–Crippen MR) is 169 cm³/mol. The second-order valence-corrected chi connectivity index (χ2v) is 14.9. The van der Waals surface area contributed by atoms with E-state index in [1.54, 1.807) is 32.2 Å². The largest absolute Gasteiger partial charge is 0.491 e. The van der Waals surface area contributed by atoms with E-state index in [2.05, 4.69) is 17.0 Å². The minimum atomic E-state index is -3.59. The van der Waals surface area contributed by atoms with E-state index in [-0.39, 0.29) is 23.5 Å². The molecule has 0 spiro atoms. The number of fused-ring (bicyclic) bond motifs is 2. The fourth-order valence-electron chi connectivity index (χ4n) is 6.87. The third kappa shape index (κ3) is 7.06. The first-order chi connectivity index (χ1) is 20.5. The van der Waals surface area contributed by atoms with Gasteiger partial charge < -0.3 is 19.5 Å². The molecule has 2 aliphatic carbocycles. The molecule has 1 heterocycles. The van der Waals surface area contributed by atoms with E-state index < -0.39 is 21.2 Å². The van der Waals surface area contributed by atoms with Crippen LogP contribution >= 0.6 is 11.6 Å². The molecular weight excluding hydrogens is 588 g/mol. The molecule has 3 aliphatic rings. The van der Waals surface area contributed by atoms with Crippen LogP contribution in [0.5, 0.6) is 5.75 Å². The number of hydrogen-bond acceptors (Lipinski definition) is 6. The van der Waals surface area contributed by atoms with E-state index in [1.807, 2.05) is 19.1 Å². The van der Waals surface area contributed by atoms with Crippen molar-refractivity contribution in [3.05, 3.63) is 69.8 Å². The average molecular weight is 631 g/mol. The minimum absolute atomic E-state index is 0.0388. The molecule has 0 unspecified atom stereocenters. The molecular formula is C33H43ClN2O6S. The summed E-state index contributed by atoms with van der Waals surface area (Å²) in [5.41, 5.74) is 4.64. The summed E-state index contributed by atoms with van der Waals surface area (Å²) in [6, 6.07) is 11.2. The number of carboxylic acids is 1. The highest BCUT2D eigenvalue weighted by atomic mass is 35.5. The van der Waals surface area contributed by atoms with Gasteiger partial charge in [-0.25, -0.2) is 18.4 Å². The van der Waals surface area contributed by atoms with Crippen molar-refractivity contribution in [1.29, 1.82) is 0 Å². The number of benzene rings is 2. The molecule has 10 heteroatoms. The molecule has 0 radical (unpaired) electrons. The smallest absolute Gasteiger partial charge is 0.335 e. The van der Waals surface area contributed by atoms with Crippen LogP contribution in [0.25, 0.3) is 0 Å². The second-order valence-electron chi connectivity index (χ2n) is 12.5. The number of anilines is 1. The van der Waals surface area contributed by atoms with Gasteiger partial charge in [-0.3, -0.25) is 0 Å². The van der Waals surface area contributed by atoms with Gasteiger partial charge in [0.25, 0.3) is 0 Å². The average Bonchev–Trinajstić information content (AvgIpc) is 2.95. The van der Waals surface area contributed by atoms with Gasteiger partial charge in [0.2, 0.25) is 10.0 Å². The number of nitrogens with two attached hydrogens (primary N) is 1. The predicted octanol–water partition coefficient (Wildman–Crippen LogP) is 6.06. The van der Waals surface area contributed by atoms with E-state index in [0.29, 0.717) is 35.8 Å². The number of hydrogen-bond donors (Lipinski definition) is 2. The molecule has 0 bridgehead atoms. The number of aryl methyl sites for hydroxylation is 1. The first-order valence-corrected chi connectivity index (χ1v) is 17.2.